The second-order valence-electron chi connectivity index (χ2n) is 6.32. The van der Waals surface area contributed by atoms with Gasteiger partial charge in [0, 0.05) is 38.4 Å². The topological polar surface area (TPSA) is 65.9 Å². The van der Waals surface area contributed by atoms with Gasteiger partial charge in [-0.25, -0.2) is 4.98 Å². The van der Waals surface area contributed by atoms with Crippen molar-refractivity contribution in [1.29, 1.82) is 0 Å². The predicted molar refractivity (Wildman–Crippen MR) is 87.9 cm³/mol. The molecule has 0 bridgehead atoms. The third-order valence-corrected chi connectivity index (χ3v) is 4.78. The zero-order chi connectivity index (χ0) is 16.7. The standard InChI is InChI=1S/C18H19N3O3/c1-20-14-10-21(9-12-5-2-3-7-15(12)22)11-16(14)24-17-13(18(20)23)6-4-8-19-17/h2-8,14,16,22H,9-11H2,1H3. The third-order valence-electron chi connectivity index (χ3n) is 4.78. The fourth-order valence-corrected chi connectivity index (χ4v) is 3.47. The van der Waals surface area contributed by atoms with Gasteiger partial charge in [-0.15, -0.1) is 0 Å². The highest BCUT2D eigenvalue weighted by molar-refractivity contribution is 5.96. The first-order valence-electron chi connectivity index (χ1n) is 8.01. The normalized spacial score (nSPS) is 23.4. The van der Waals surface area contributed by atoms with Crippen LogP contribution in [0.15, 0.2) is 42.6 Å². The van der Waals surface area contributed by atoms with Gasteiger partial charge >= 0.3 is 0 Å². The summed E-state index contributed by atoms with van der Waals surface area (Å²) >= 11 is 0. The molecular formula is C18H19N3O3. The van der Waals surface area contributed by atoms with E-state index >= 15 is 0 Å². The number of benzene rings is 1. The summed E-state index contributed by atoms with van der Waals surface area (Å²) in [5, 5.41) is 9.97. The van der Waals surface area contributed by atoms with Crippen LogP contribution in [0.1, 0.15) is 15.9 Å². The van der Waals surface area contributed by atoms with Gasteiger partial charge in [-0.1, -0.05) is 18.2 Å². The number of hydrogen-bond acceptors (Lipinski definition) is 5. The van der Waals surface area contributed by atoms with Crippen LogP contribution in [-0.2, 0) is 6.54 Å². The van der Waals surface area contributed by atoms with E-state index in [9.17, 15) is 9.90 Å². The molecule has 2 aromatic rings. The van der Waals surface area contributed by atoms with E-state index in [4.69, 9.17) is 4.74 Å². The quantitative estimate of drug-likeness (QED) is 0.906. The molecule has 0 spiro atoms. The number of phenols is 1. The van der Waals surface area contributed by atoms with Crippen LogP contribution in [0.5, 0.6) is 11.6 Å². The van der Waals surface area contributed by atoms with E-state index in [1.807, 2.05) is 25.2 Å². The van der Waals surface area contributed by atoms with Crippen molar-refractivity contribution in [3.8, 4) is 11.6 Å². The second-order valence-corrected chi connectivity index (χ2v) is 6.32. The fourth-order valence-electron chi connectivity index (χ4n) is 3.47. The highest BCUT2D eigenvalue weighted by Crippen LogP contribution is 2.30. The second kappa shape index (κ2) is 5.79. The molecule has 0 saturated carbocycles. The number of likely N-dealkylation sites (N-methyl/N-ethyl adjacent to an activating group) is 1. The van der Waals surface area contributed by atoms with Gasteiger partial charge in [0.05, 0.1) is 6.04 Å². The molecule has 1 amide bonds. The molecule has 6 heteroatoms. The molecule has 4 rings (SSSR count). The first kappa shape index (κ1) is 15.0. The largest absolute Gasteiger partial charge is 0.508 e. The zero-order valence-corrected chi connectivity index (χ0v) is 13.4. The van der Waals surface area contributed by atoms with Gasteiger partial charge in [-0.05, 0) is 18.2 Å². The predicted octanol–water partition coefficient (Wildman–Crippen LogP) is 1.50. The number of aromatic hydroxyl groups is 1. The number of amides is 1. The first-order valence-corrected chi connectivity index (χ1v) is 8.01. The van der Waals surface area contributed by atoms with Gasteiger partial charge in [-0.2, -0.15) is 0 Å². The SMILES string of the molecule is CN1C(=O)c2cccnc2OC2CN(Cc3ccccc3O)CC21. The van der Waals surface area contributed by atoms with Crippen LogP contribution in [-0.4, -0.2) is 58.1 Å². The van der Waals surface area contributed by atoms with Gasteiger partial charge in [0.25, 0.3) is 5.91 Å². The number of aromatic nitrogens is 1. The maximum atomic E-state index is 12.6. The molecule has 1 fully saturated rings. The summed E-state index contributed by atoms with van der Waals surface area (Å²) in [6.07, 6.45) is 1.52. The minimum Gasteiger partial charge on any atom is -0.508 e. The minimum absolute atomic E-state index is 0.0300. The Kier molecular flexibility index (Phi) is 3.61. The van der Waals surface area contributed by atoms with Crippen LogP contribution in [0.25, 0.3) is 0 Å². The molecule has 6 nitrogen and oxygen atoms in total. The number of rotatable bonds is 2. The number of phenolic OH excluding ortho intramolecular Hbond substituents is 1. The summed E-state index contributed by atoms with van der Waals surface area (Å²) in [6.45, 7) is 2.02. The van der Waals surface area contributed by atoms with Crippen molar-refractivity contribution in [1.82, 2.24) is 14.8 Å². The van der Waals surface area contributed by atoms with Gasteiger partial charge in [-0.3, -0.25) is 9.69 Å². The van der Waals surface area contributed by atoms with Crippen LogP contribution in [0.2, 0.25) is 0 Å². The Labute approximate surface area is 140 Å². The Hall–Kier alpha value is -2.60. The van der Waals surface area contributed by atoms with Crippen molar-refractivity contribution < 1.29 is 14.6 Å². The van der Waals surface area contributed by atoms with E-state index in [0.29, 0.717) is 36.8 Å². The lowest BCUT2D eigenvalue weighted by atomic mass is 10.2. The maximum Gasteiger partial charge on any atom is 0.259 e. The summed E-state index contributed by atoms with van der Waals surface area (Å²) in [5.41, 5.74) is 1.39. The summed E-state index contributed by atoms with van der Waals surface area (Å²) in [7, 11) is 1.81. The smallest absolute Gasteiger partial charge is 0.259 e. The highest BCUT2D eigenvalue weighted by atomic mass is 16.5. The van der Waals surface area contributed by atoms with Crippen LogP contribution < -0.4 is 4.74 Å². The van der Waals surface area contributed by atoms with Gasteiger partial charge in [0.2, 0.25) is 5.88 Å². The minimum atomic E-state index is -0.124. The van der Waals surface area contributed by atoms with Crippen LogP contribution in [0, 0.1) is 0 Å². The number of likely N-dealkylation sites (tertiary alicyclic amines) is 1. The van der Waals surface area contributed by atoms with E-state index in [1.165, 1.54) is 0 Å². The molecule has 1 saturated heterocycles. The summed E-state index contributed by atoms with van der Waals surface area (Å²) in [4.78, 5) is 20.8. The number of carbonyl (C=O) groups is 1. The number of hydrogen-bond donors (Lipinski definition) is 1. The lowest BCUT2D eigenvalue weighted by molar-refractivity contribution is 0.0680. The van der Waals surface area contributed by atoms with Crippen LogP contribution in [0.3, 0.4) is 0 Å². The number of carbonyl (C=O) groups excluding carboxylic acids is 1. The van der Waals surface area contributed by atoms with Crippen molar-refractivity contribution in [3.63, 3.8) is 0 Å². The maximum absolute atomic E-state index is 12.6. The van der Waals surface area contributed by atoms with Crippen molar-refractivity contribution in [2.45, 2.75) is 18.7 Å². The Bertz CT molecular complexity index is 780. The van der Waals surface area contributed by atoms with E-state index in [-0.39, 0.29) is 18.1 Å². The van der Waals surface area contributed by atoms with Crippen LogP contribution >= 0.6 is 0 Å². The van der Waals surface area contributed by atoms with Crippen molar-refractivity contribution in [3.05, 3.63) is 53.7 Å². The van der Waals surface area contributed by atoms with Crippen LogP contribution in [0.4, 0.5) is 0 Å². The highest BCUT2D eigenvalue weighted by Gasteiger charge is 2.42. The van der Waals surface area contributed by atoms with E-state index in [2.05, 4.69) is 9.88 Å². The summed E-state index contributed by atoms with van der Waals surface area (Å²) in [5.74, 6) is 0.642. The Balaban J connectivity index is 1.57. The molecule has 3 heterocycles. The van der Waals surface area contributed by atoms with E-state index in [1.54, 1.807) is 29.3 Å². The monoisotopic (exact) mass is 325 g/mol. The average molecular weight is 325 g/mol. The molecule has 124 valence electrons. The van der Waals surface area contributed by atoms with E-state index < -0.39 is 0 Å². The number of ether oxygens (including phenoxy) is 1. The molecule has 1 aromatic heterocycles. The fraction of sp³-hybridized carbons (Fsp3) is 0.333. The van der Waals surface area contributed by atoms with Crippen molar-refractivity contribution >= 4 is 5.91 Å². The molecule has 24 heavy (non-hydrogen) atoms. The third kappa shape index (κ3) is 2.49. The number of nitrogens with zero attached hydrogens (tertiary/aromatic N) is 3. The number of para-hydroxylation sites is 1. The molecule has 2 atom stereocenters. The molecular weight excluding hydrogens is 306 g/mol. The molecule has 2 aliphatic rings. The molecule has 2 unspecified atom stereocenters. The Morgan fingerprint density at radius 3 is 2.92 bits per heavy atom. The summed E-state index contributed by atoms with van der Waals surface area (Å²) in [6, 6.07) is 10.8. The molecule has 1 N–H and O–H groups in total. The molecule has 0 aliphatic carbocycles. The van der Waals surface area contributed by atoms with Gasteiger partial charge in [0.15, 0.2) is 0 Å². The lowest BCUT2D eigenvalue weighted by Gasteiger charge is -2.25. The van der Waals surface area contributed by atoms with Crippen molar-refractivity contribution in [2.24, 2.45) is 0 Å². The van der Waals surface area contributed by atoms with Crippen molar-refractivity contribution in [2.75, 3.05) is 20.1 Å². The molecule has 2 aliphatic heterocycles. The molecule has 1 aromatic carbocycles. The number of fused-ring (bicyclic) bond motifs is 2. The molecule has 0 radical (unpaired) electrons. The first-order chi connectivity index (χ1) is 11.6. The number of pyridine rings is 1. The van der Waals surface area contributed by atoms with E-state index in [0.717, 1.165) is 5.56 Å². The average Bonchev–Trinajstić information content (AvgIpc) is 2.94. The van der Waals surface area contributed by atoms with Gasteiger partial charge in [0.1, 0.15) is 17.4 Å². The van der Waals surface area contributed by atoms with Gasteiger partial charge < -0.3 is 14.7 Å². The Morgan fingerprint density at radius 1 is 1.25 bits per heavy atom. The lowest BCUT2D eigenvalue weighted by Crippen LogP contribution is -2.44. The zero-order valence-electron chi connectivity index (χ0n) is 13.4. The summed E-state index contributed by atoms with van der Waals surface area (Å²) < 4.78 is 6.04. The Morgan fingerprint density at radius 2 is 2.08 bits per heavy atom.